The van der Waals surface area contributed by atoms with Crippen molar-refractivity contribution in [3.63, 3.8) is 0 Å². The average Bonchev–Trinajstić information content (AvgIpc) is 2.39. The van der Waals surface area contributed by atoms with Gasteiger partial charge in [-0.2, -0.15) is 0 Å². The van der Waals surface area contributed by atoms with Crippen molar-refractivity contribution in [3.05, 3.63) is 74.7 Å². The maximum atomic E-state index is 3.47. The van der Waals surface area contributed by atoms with E-state index < -0.39 is 0 Å². The van der Waals surface area contributed by atoms with Crippen molar-refractivity contribution in [2.45, 2.75) is 0 Å². The second-order valence-corrected chi connectivity index (χ2v) is 6.50. The lowest BCUT2D eigenvalue weighted by Gasteiger charge is -2.08. The van der Waals surface area contributed by atoms with Gasteiger partial charge in [-0.1, -0.05) is 84.8 Å². The Kier molecular flexibility index (Phi) is 5.45. The Morgan fingerprint density at radius 3 is 1.56 bits per heavy atom. The average molecular weight is 478 g/mol. The number of hydrogen-bond donors (Lipinski definition) is 0. The predicted octanol–water partition coefficient (Wildman–Crippen LogP) is 6.08. The first-order chi connectivity index (χ1) is 8.70. The molecule has 0 radical (unpaired) electrons. The highest BCUT2D eigenvalue weighted by Gasteiger charge is 2.04. The molecule has 3 heteroatoms. The first-order valence-electron chi connectivity index (χ1n) is 5.48. The van der Waals surface area contributed by atoms with Crippen molar-refractivity contribution in [1.82, 2.24) is 0 Å². The molecule has 18 heavy (non-hydrogen) atoms. The van der Waals surface area contributed by atoms with E-state index in [2.05, 4.69) is 109 Å². The minimum absolute atomic E-state index is 0.999. The maximum Gasteiger partial charge on any atom is 0.0185 e. The van der Waals surface area contributed by atoms with E-state index in [1.54, 1.807) is 0 Å². The van der Waals surface area contributed by atoms with E-state index in [1.807, 2.05) is 0 Å². The number of benzene rings is 2. The van der Waals surface area contributed by atoms with Crippen LogP contribution < -0.4 is 0 Å². The van der Waals surface area contributed by atoms with E-state index in [-0.39, 0.29) is 0 Å². The Bertz CT molecular complexity index is 494. The van der Waals surface area contributed by atoms with Gasteiger partial charge in [0, 0.05) is 13.4 Å². The van der Waals surface area contributed by atoms with E-state index in [4.69, 9.17) is 0 Å². The summed E-state index contributed by atoms with van der Waals surface area (Å²) in [7, 11) is 0. The molecule has 0 atom stereocenters. The van der Waals surface area contributed by atoms with Crippen LogP contribution in [0.4, 0.5) is 0 Å². The zero-order valence-electron chi connectivity index (χ0n) is 9.54. The van der Waals surface area contributed by atoms with Crippen molar-refractivity contribution >= 4 is 60.0 Å². The number of hydrogen-bond acceptors (Lipinski definition) is 0. The summed E-state index contributed by atoms with van der Waals surface area (Å²) in [6.45, 7) is 0. The van der Waals surface area contributed by atoms with Crippen LogP contribution in [0.25, 0.3) is 5.57 Å². The summed E-state index contributed by atoms with van der Waals surface area (Å²) >= 11 is 9.32. The van der Waals surface area contributed by atoms with Crippen molar-refractivity contribution in [1.29, 1.82) is 0 Å². The maximum absolute atomic E-state index is 3.47. The molecule has 0 saturated heterocycles. The Morgan fingerprint density at radius 1 is 0.833 bits per heavy atom. The van der Waals surface area contributed by atoms with Gasteiger partial charge in [0.1, 0.15) is 0 Å². The standard InChI is InChI=1S/C15H11Br2I/c16-13-5-1-11(2-6-13)15(9-10-18)12-3-7-14(17)8-4-12/h1-9H,10H2. The van der Waals surface area contributed by atoms with Crippen LogP contribution in [-0.2, 0) is 0 Å². The molecule has 0 aromatic heterocycles. The van der Waals surface area contributed by atoms with Gasteiger partial charge in [-0.3, -0.25) is 0 Å². The minimum Gasteiger partial charge on any atom is -0.0818 e. The number of alkyl halides is 1. The molecule has 2 aromatic carbocycles. The molecule has 0 bridgehead atoms. The van der Waals surface area contributed by atoms with Crippen molar-refractivity contribution < 1.29 is 0 Å². The van der Waals surface area contributed by atoms with E-state index >= 15 is 0 Å². The number of allylic oxidation sites excluding steroid dienone is 1. The highest BCUT2D eigenvalue weighted by molar-refractivity contribution is 14.1. The molecule has 0 heterocycles. The van der Waals surface area contributed by atoms with Crippen LogP contribution >= 0.6 is 54.5 Å². The van der Waals surface area contributed by atoms with E-state index in [0.29, 0.717) is 0 Å². The summed E-state index contributed by atoms with van der Waals surface area (Å²) in [6, 6.07) is 16.9. The third-order valence-corrected chi connectivity index (χ3v) is 4.09. The minimum atomic E-state index is 0.999. The lowest BCUT2D eigenvalue weighted by molar-refractivity contribution is 1.51. The van der Waals surface area contributed by atoms with E-state index in [9.17, 15) is 0 Å². The van der Waals surface area contributed by atoms with Gasteiger partial charge in [0.25, 0.3) is 0 Å². The van der Waals surface area contributed by atoms with Crippen LogP contribution in [0.15, 0.2) is 63.6 Å². The van der Waals surface area contributed by atoms with Gasteiger partial charge in [-0.25, -0.2) is 0 Å². The van der Waals surface area contributed by atoms with Crippen LogP contribution in [0.3, 0.4) is 0 Å². The Balaban J connectivity index is 2.43. The van der Waals surface area contributed by atoms with E-state index in [0.717, 1.165) is 13.4 Å². The van der Waals surface area contributed by atoms with Gasteiger partial charge in [0.15, 0.2) is 0 Å². The van der Waals surface area contributed by atoms with Gasteiger partial charge in [0.05, 0.1) is 0 Å². The molecule has 2 rings (SSSR count). The summed E-state index contributed by atoms with van der Waals surface area (Å²) in [4.78, 5) is 0. The largest absolute Gasteiger partial charge is 0.0818 e. The molecule has 0 aliphatic carbocycles. The Labute approximate surface area is 138 Å². The lowest BCUT2D eigenvalue weighted by Crippen LogP contribution is -1.88. The van der Waals surface area contributed by atoms with Crippen molar-refractivity contribution in [2.24, 2.45) is 0 Å². The fourth-order valence-corrected chi connectivity index (χ4v) is 2.71. The van der Waals surface area contributed by atoms with Gasteiger partial charge < -0.3 is 0 Å². The third kappa shape index (κ3) is 3.68. The van der Waals surface area contributed by atoms with Crippen LogP contribution in [-0.4, -0.2) is 4.43 Å². The van der Waals surface area contributed by atoms with Gasteiger partial charge >= 0.3 is 0 Å². The fraction of sp³-hybridized carbons (Fsp3) is 0.0667. The Hall–Kier alpha value is -0.130. The lowest BCUT2D eigenvalue weighted by atomic mass is 9.98. The first kappa shape index (κ1) is 14.3. The molecule has 0 aliphatic heterocycles. The summed E-state index contributed by atoms with van der Waals surface area (Å²) < 4.78 is 3.21. The molecule has 2 aromatic rings. The molecule has 0 saturated carbocycles. The SMILES string of the molecule is Brc1ccc(C(=CCI)c2ccc(Br)cc2)cc1. The van der Waals surface area contributed by atoms with Gasteiger partial charge in [0.2, 0.25) is 0 Å². The molecule has 92 valence electrons. The van der Waals surface area contributed by atoms with Crippen LogP contribution in [0, 0.1) is 0 Å². The highest BCUT2D eigenvalue weighted by Crippen LogP contribution is 2.26. The topological polar surface area (TPSA) is 0 Å². The summed E-state index contributed by atoms with van der Waals surface area (Å²) in [5.74, 6) is 0. The monoisotopic (exact) mass is 476 g/mol. The third-order valence-electron chi connectivity index (χ3n) is 2.59. The molecule has 0 spiro atoms. The van der Waals surface area contributed by atoms with Crippen LogP contribution in [0.5, 0.6) is 0 Å². The normalized spacial score (nSPS) is 10.2. The summed E-state index contributed by atoms with van der Waals surface area (Å²) in [6.07, 6.45) is 2.26. The molecule has 0 amide bonds. The van der Waals surface area contributed by atoms with Crippen molar-refractivity contribution in [2.75, 3.05) is 4.43 Å². The molecule has 0 N–H and O–H groups in total. The second kappa shape index (κ2) is 6.87. The zero-order valence-corrected chi connectivity index (χ0v) is 14.9. The number of halogens is 3. The predicted molar refractivity (Wildman–Crippen MR) is 94.2 cm³/mol. The van der Waals surface area contributed by atoms with Crippen molar-refractivity contribution in [3.8, 4) is 0 Å². The molecular formula is C15H11Br2I. The molecule has 0 unspecified atom stereocenters. The summed E-state index contributed by atoms with van der Waals surface area (Å²) in [5, 5.41) is 0. The van der Waals surface area contributed by atoms with Gasteiger partial charge in [-0.05, 0) is 41.0 Å². The quantitative estimate of drug-likeness (QED) is 0.371. The van der Waals surface area contributed by atoms with E-state index in [1.165, 1.54) is 16.7 Å². The number of rotatable bonds is 3. The second-order valence-electron chi connectivity index (χ2n) is 3.79. The molecule has 0 nitrogen and oxygen atoms in total. The fourth-order valence-electron chi connectivity index (χ4n) is 1.74. The molecule has 0 aliphatic rings. The zero-order chi connectivity index (χ0) is 13.0. The first-order valence-corrected chi connectivity index (χ1v) is 8.60. The van der Waals surface area contributed by atoms with Crippen LogP contribution in [0.1, 0.15) is 11.1 Å². The van der Waals surface area contributed by atoms with Gasteiger partial charge in [-0.15, -0.1) is 0 Å². The van der Waals surface area contributed by atoms with Crippen LogP contribution in [0.2, 0.25) is 0 Å². The smallest absolute Gasteiger partial charge is 0.0185 e. The highest BCUT2D eigenvalue weighted by atomic mass is 127. The molecular weight excluding hydrogens is 467 g/mol. The Morgan fingerprint density at radius 2 is 1.22 bits per heavy atom. The summed E-state index contributed by atoms with van der Waals surface area (Å²) in [5.41, 5.74) is 3.78. The molecule has 0 fully saturated rings.